The zero-order valence-corrected chi connectivity index (χ0v) is 10.4. The van der Waals surface area contributed by atoms with Crippen molar-refractivity contribution in [2.24, 2.45) is 5.92 Å². The molecule has 0 aliphatic rings. The summed E-state index contributed by atoms with van der Waals surface area (Å²) in [5, 5.41) is 0. The highest BCUT2D eigenvalue weighted by Gasteiger charge is 2.15. The molecule has 0 amide bonds. The quantitative estimate of drug-likeness (QED) is 0.516. The van der Waals surface area contributed by atoms with Crippen molar-refractivity contribution in [2.45, 2.75) is 33.6 Å². The summed E-state index contributed by atoms with van der Waals surface area (Å²) >= 11 is 0. The van der Waals surface area contributed by atoms with Crippen LogP contribution in [0.5, 0.6) is 0 Å². The van der Waals surface area contributed by atoms with Crippen LogP contribution in [0, 0.1) is 5.92 Å². The molecular weight excluding hydrogens is 208 g/mol. The monoisotopic (exact) mass is 228 g/mol. The Labute approximate surface area is 96.6 Å². The smallest absolute Gasteiger partial charge is 0.336 e. The third-order valence-corrected chi connectivity index (χ3v) is 2.28. The number of carbonyl (C=O) groups is 2. The maximum Gasteiger partial charge on any atom is 0.336 e. The van der Waals surface area contributed by atoms with Crippen LogP contribution in [-0.4, -0.2) is 25.7 Å². The molecule has 0 saturated carbocycles. The number of rotatable bonds is 6. The van der Waals surface area contributed by atoms with Crippen LogP contribution in [0.3, 0.4) is 0 Å². The Morgan fingerprint density at radius 1 is 1.31 bits per heavy atom. The molecule has 0 aromatic heterocycles. The summed E-state index contributed by atoms with van der Waals surface area (Å²) in [4.78, 5) is 22.7. The number of methoxy groups -OCH3 is 1. The Bertz CT molecular complexity index is 268. The lowest BCUT2D eigenvalue weighted by molar-refractivity contribution is -0.148. The molecule has 0 N–H and O–H groups in total. The number of ether oxygens (including phenoxy) is 2. The SMILES string of the molecule is CCC=C(COC(=O)C(C)CC)C(=O)OC. The van der Waals surface area contributed by atoms with Crippen LogP contribution in [0.4, 0.5) is 0 Å². The zero-order valence-electron chi connectivity index (χ0n) is 10.4. The number of hydrogen-bond acceptors (Lipinski definition) is 4. The molecule has 4 heteroatoms. The van der Waals surface area contributed by atoms with E-state index in [-0.39, 0.29) is 18.5 Å². The van der Waals surface area contributed by atoms with Gasteiger partial charge in [-0.25, -0.2) is 4.79 Å². The lowest BCUT2D eigenvalue weighted by Gasteiger charge is -2.10. The van der Waals surface area contributed by atoms with E-state index in [2.05, 4.69) is 4.74 Å². The molecule has 0 aliphatic heterocycles. The van der Waals surface area contributed by atoms with Crippen molar-refractivity contribution in [3.8, 4) is 0 Å². The second-order valence-corrected chi connectivity index (χ2v) is 3.55. The molecular formula is C12H20O4. The average molecular weight is 228 g/mol. The van der Waals surface area contributed by atoms with Crippen LogP contribution in [-0.2, 0) is 19.1 Å². The molecule has 0 aromatic rings. The highest BCUT2D eigenvalue weighted by molar-refractivity contribution is 5.89. The molecule has 0 fully saturated rings. The molecule has 0 aliphatic carbocycles. The Kier molecular flexibility index (Phi) is 7.25. The van der Waals surface area contributed by atoms with Gasteiger partial charge in [-0.05, 0) is 12.8 Å². The second-order valence-electron chi connectivity index (χ2n) is 3.55. The summed E-state index contributed by atoms with van der Waals surface area (Å²) in [6.45, 7) is 5.60. The van der Waals surface area contributed by atoms with Gasteiger partial charge in [0.15, 0.2) is 0 Å². The zero-order chi connectivity index (χ0) is 12.6. The first kappa shape index (κ1) is 14.7. The third kappa shape index (κ3) is 4.96. The normalized spacial score (nSPS) is 13.1. The van der Waals surface area contributed by atoms with E-state index in [0.29, 0.717) is 12.0 Å². The highest BCUT2D eigenvalue weighted by Crippen LogP contribution is 2.06. The molecule has 0 aromatic carbocycles. The van der Waals surface area contributed by atoms with Gasteiger partial charge >= 0.3 is 11.9 Å². The van der Waals surface area contributed by atoms with E-state index < -0.39 is 5.97 Å². The van der Waals surface area contributed by atoms with Crippen molar-refractivity contribution in [1.29, 1.82) is 0 Å². The summed E-state index contributed by atoms with van der Waals surface area (Å²) in [5.41, 5.74) is 0.390. The van der Waals surface area contributed by atoms with Gasteiger partial charge < -0.3 is 9.47 Å². The predicted molar refractivity (Wildman–Crippen MR) is 60.8 cm³/mol. The molecule has 1 unspecified atom stereocenters. The fraction of sp³-hybridized carbons (Fsp3) is 0.667. The lowest BCUT2D eigenvalue weighted by Crippen LogP contribution is -2.18. The number of hydrogen-bond donors (Lipinski definition) is 0. The Morgan fingerprint density at radius 3 is 2.38 bits per heavy atom. The van der Waals surface area contributed by atoms with Crippen LogP contribution in [0.1, 0.15) is 33.6 Å². The van der Waals surface area contributed by atoms with Crippen LogP contribution in [0.15, 0.2) is 11.6 Å². The van der Waals surface area contributed by atoms with Crippen LogP contribution in [0.25, 0.3) is 0 Å². The van der Waals surface area contributed by atoms with Gasteiger partial charge in [0.2, 0.25) is 0 Å². The fourth-order valence-corrected chi connectivity index (χ4v) is 1.04. The van der Waals surface area contributed by atoms with Crippen molar-refractivity contribution >= 4 is 11.9 Å². The number of allylic oxidation sites excluding steroid dienone is 1. The summed E-state index contributed by atoms with van der Waals surface area (Å²) < 4.78 is 9.61. The molecule has 1 atom stereocenters. The average Bonchev–Trinajstić information content (AvgIpc) is 2.31. The summed E-state index contributed by atoms with van der Waals surface area (Å²) in [7, 11) is 1.31. The Hall–Kier alpha value is -1.32. The van der Waals surface area contributed by atoms with E-state index in [1.54, 1.807) is 13.0 Å². The van der Waals surface area contributed by atoms with Crippen LogP contribution < -0.4 is 0 Å². The second kappa shape index (κ2) is 7.91. The molecule has 0 radical (unpaired) electrons. The lowest BCUT2D eigenvalue weighted by atomic mass is 10.1. The molecule has 0 heterocycles. The van der Waals surface area contributed by atoms with Gasteiger partial charge in [-0.3, -0.25) is 4.79 Å². The van der Waals surface area contributed by atoms with E-state index >= 15 is 0 Å². The van der Waals surface area contributed by atoms with E-state index in [9.17, 15) is 9.59 Å². The van der Waals surface area contributed by atoms with E-state index in [1.807, 2.05) is 13.8 Å². The minimum atomic E-state index is -0.446. The molecule has 4 nitrogen and oxygen atoms in total. The standard InChI is InChI=1S/C12H20O4/c1-5-7-10(12(14)15-4)8-16-11(13)9(3)6-2/h7,9H,5-6,8H2,1-4H3. The first-order chi connectivity index (χ1) is 7.56. The van der Waals surface area contributed by atoms with Gasteiger partial charge in [0.1, 0.15) is 6.61 Å². The van der Waals surface area contributed by atoms with Gasteiger partial charge in [0, 0.05) is 0 Å². The van der Waals surface area contributed by atoms with Gasteiger partial charge in [-0.2, -0.15) is 0 Å². The summed E-state index contributed by atoms with van der Waals surface area (Å²) in [6.07, 6.45) is 3.13. The van der Waals surface area contributed by atoms with Crippen molar-refractivity contribution < 1.29 is 19.1 Å². The van der Waals surface area contributed by atoms with Gasteiger partial charge in [-0.1, -0.05) is 26.8 Å². The van der Waals surface area contributed by atoms with Crippen LogP contribution in [0.2, 0.25) is 0 Å². The highest BCUT2D eigenvalue weighted by atomic mass is 16.5. The molecule has 0 spiro atoms. The van der Waals surface area contributed by atoms with Gasteiger partial charge in [-0.15, -0.1) is 0 Å². The van der Waals surface area contributed by atoms with Crippen molar-refractivity contribution in [3.05, 3.63) is 11.6 Å². The van der Waals surface area contributed by atoms with Crippen molar-refractivity contribution in [1.82, 2.24) is 0 Å². The Morgan fingerprint density at radius 2 is 1.94 bits per heavy atom. The molecule has 92 valence electrons. The summed E-state index contributed by atoms with van der Waals surface area (Å²) in [5.74, 6) is -0.868. The molecule has 0 saturated heterocycles. The largest absolute Gasteiger partial charge is 0.466 e. The van der Waals surface area contributed by atoms with Gasteiger partial charge in [0.05, 0.1) is 18.6 Å². The minimum absolute atomic E-state index is 0.0102. The maximum absolute atomic E-state index is 11.4. The van der Waals surface area contributed by atoms with Crippen molar-refractivity contribution in [2.75, 3.05) is 13.7 Å². The molecule has 0 rings (SSSR count). The van der Waals surface area contributed by atoms with E-state index in [1.165, 1.54) is 7.11 Å². The van der Waals surface area contributed by atoms with Crippen LogP contribution >= 0.6 is 0 Å². The van der Waals surface area contributed by atoms with E-state index in [0.717, 1.165) is 6.42 Å². The molecule has 0 bridgehead atoms. The number of carbonyl (C=O) groups excluding carboxylic acids is 2. The first-order valence-corrected chi connectivity index (χ1v) is 5.50. The minimum Gasteiger partial charge on any atom is -0.466 e. The Balaban J connectivity index is 4.29. The third-order valence-electron chi connectivity index (χ3n) is 2.28. The first-order valence-electron chi connectivity index (χ1n) is 5.50. The fourth-order valence-electron chi connectivity index (χ4n) is 1.04. The van der Waals surface area contributed by atoms with Crippen molar-refractivity contribution in [3.63, 3.8) is 0 Å². The van der Waals surface area contributed by atoms with Gasteiger partial charge in [0.25, 0.3) is 0 Å². The molecule has 16 heavy (non-hydrogen) atoms. The summed E-state index contributed by atoms with van der Waals surface area (Å²) in [6, 6.07) is 0. The maximum atomic E-state index is 11.4. The predicted octanol–water partition coefficient (Wildman–Crippen LogP) is 2.09. The number of esters is 2. The van der Waals surface area contributed by atoms with E-state index in [4.69, 9.17) is 4.74 Å². The topological polar surface area (TPSA) is 52.6 Å².